The Hall–Kier alpha value is -1.18. The molecular formula is C18H33NO5S. The molecule has 0 radical (unpaired) electrons. The molecule has 0 saturated heterocycles. The molecule has 0 aliphatic rings. The summed E-state index contributed by atoms with van der Waals surface area (Å²) in [7, 11) is -3.90. The molecule has 6 nitrogen and oxygen atoms in total. The number of unbranched alkanes of at least 4 members (excludes halogenated alkanes) is 2. The Kier molecular flexibility index (Phi) is 14.4. The zero-order chi connectivity index (χ0) is 19.0. The average molecular weight is 376 g/mol. The summed E-state index contributed by atoms with van der Waals surface area (Å²) < 4.78 is 30.6. The van der Waals surface area contributed by atoms with Crippen LogP contribution in [0.3, 0.4) is 0 Å². The molecule has 0 saturated carbocycles. The lowest BCUT2D eigenvalue weighted by Crippen LogP contribution is -2.16. The number of carboxylic acid groups (broad SMARTS) is 1. The van der Waals surface area contributed by atoms with E-state index in [-0.39, 0.29) is 12.2 Å². The highest BCUT2D eigenvalue weighted by molar-refractivity contribution is 7.85. The van der Waals surface area contributed by atoms with Crippen molar-refractivity contribution in [1.82, 2.24) is 5.32 Å². The minimum Gasteiger partial charge on any atom is -0.481 e. The van der Waals surface area contributed by atoms with Gasteiger partial charge in [-0.05, 0) is 58.0 Å². The lowest BCUT2D eigenvalue weighted by atomic mass is 10.1. The van der Waals surface area contributed by atoms with Crippen LogP contribution in [0, 0.1) is 0 Å². The van der Waals surface area contributed by atoms with Crippen LogP contribution in [0.1, 0.15) is 64.7 Å². The van der Waals surface area contributed by atoms with E-state index in [0.717, 1.165) is 57.2 Å². The maximum atomic E-state index is 10.9. The largest absolute Gasteiger partial charge is 0.481 e. The van der Waals surface area contributed by atoms with Gasteiger partial charge < -0.3 is 10.4 Å². The zero-order valence-electron chi connectivity index (χ0n) is 15.2. The summed E-state index contributed by atoms with van der Waals surface area (Å²) in [4.78, 5) is 10.4. The zero-order valence-corrected chi connectivity index (χ0v) is 16.1. The van der Waals surface area contributed by atoms with Gasteiger partial charge >= 0.3 is 5.97 Å². The molecule has 0 bridgehead atoms. The van der Waals surface area contributed by atoms with Crippen LogP contribution in [0.25, 0.3) is 0 Å². The summed E-state index contributed by atoms with van der Waals surface area (Å²) in [6.07, 6.45) is 12.9. The Labute approximate surface area is 152 Å². The number of carbonyl (C=O) groups is 1. The van der Waals surface area contributed by atoms with Crippen molar-refractivity contribution < 1.29 is 22.9 Å². The molecule has 0 aromatic heterocycles. The molecule has 0 spiro atoms. The lowest BCUT2D eigenvalue weighted by Gasteiger charge is -2.08. The molecule has 3 N–H and O–H groups in total. The number of hydrogen-bond donors (Lipinski definition) is 3. The number of nitrogens with one attached hydrogen (secondary N) is 1. The summed E-state index contributed by atoms with van der Waals surface area (Å²) in [6.45, 7) is 3.81. The number of aliphatic carboxylic acids is 1. The molecule has 7 heteroatoms. The minimum atomic E-state index is -3.90. The first-order chi connectivity index (χ1) is 11.8. The molecule has 25 heavy (non-hydrogen) atoms. The van der Waals surface area contributed by atoms with Gasteiger partial charge in [-0.1, -0.05) is 37.1 Å². The highest BCUT2D eigenvalue weighted by Crippen LogP contribution is 2.13. The molecule has 0 aliphatic heterocycles. The van der Waals surface area contributed by atoms with E-state index in [4.69, 9.17) is 9.66 Å². The molecule has 0 fully saturated rings. The summed E-state index contributed by atoms with van der Waals surface area (Å²) >= 11 is 0. The molecule has 0 aliphatic carbocycles. The molecule has 0 rings (SSSR count). The van der Waals surface area contributed by atoms with Crippen LogP contribution in [0.15, 0.2) is 23.8 Å². The second-order valence-corrected chi connectivity index (χ2v) is 7.66. The second kappa shape index (κ2) is 15.1. The van der Waals surface area contributed by atoms with Crippen molar-refractivity contribution in [3.8, 4) is 0 Å². The third-order valence-corrected chi connectivity index (χ3v) is 4.39. The van der Waals surface area contributed by atoms with Gasteiger partial charge in [-0.15, -0.1) is 0 Å². The standard InChI is InChI=1S/C18H33NO5S/c1-2-3-10-17(13-16-25(22,23)24)11-9-15-19-14-8-6-4-5-7-12-18(20)21/h4,6,10,19H,2-3,5,7-9,11-16H2,1H3,(H,20,21)(H,22,23,24)/b6-4+,17-10-. The van der Waals surface area contributed by atoms with Gasteiger partial charge in [0.15, 0.2) is 0 Å². The summed E-state index contributed by atoms with van der Waals surface area (Å²) in [6, 6.07) is 0. The van der Waals surface area contributed by atoms with Crippen LogP contribution in [0.5, 0.6) is 0 Å². The van der Waals surface area contributed by atoms with Gasteiger partial charge in [0.05, 0.1) is 5.75 Å². The van der Waals surface area contributed by atoms with Crippen molar-refractivity contribution in [1.29, 1.82) is 0 Å². The van der Waals surface area contributed by atoms with Gasteiger partial charge in [0.25, 0.3) is 10.1 Å². The van der Waals surface area contributed by atoms with Gasteiger partial charge in [-0.3, -0.25) is 9.35 Å². The van der Waals surface area contributed by atoms with E-state index < -0.39 is 16.1 Å². The molecular weight excluding hydrogens is 342 g/mol. The number of rotatable bonds is 16. The van der Waals surface area contributed by atoms with Crippen molar-refractivity contribution >= 4 is 16.1 Å². The van der Waals surface area contributed by atoms with Crippen molar-refractivity contribution in [3.05, 3.63) is 23.8 Å². The fraction of sp³-hybridized carbons (Fsp3) is 0.722. The quantitative estimate of drug-likeness (QED) is 0.216. The number of hydrogen-bond acceptors (Lipinski definition) is 4. The van der Waals surface area contributed by atoms with Crippen LogP contribution >= 0.6 is 0 Å². The maximum Gasteiger partial charge on any atom is 0.303 e. The van der Waals surface area contributed by atoms with E-state index >= 15 is 0 Å². The topological polar surface area (TPSA) is 104 Å². The van der Waals surface area contributed by atoms with Gasteiger partial charge in [0.1, 0.15) is 0 Å². The SMILES string of the molecule is CCC/C=C(/CCCNCC/C=C/CCCC(=O)O)CCS(=O)(=O)O. The Morgan fingerprint density at radius 3 is 2.36 bits per heavy atom. The summed E-state index contributed by atoms with van der Waals surface area (Å²) in [5.74, 6) is -0.957. The predicted octanol–water partition coefficient (Wildman–Crippen LogP) is 3.56. The van der Waals surface area contributed by atoms with Crippen LogP contribution < -0.4 is 5.32 Å². The monoisotopic (exact) mass is 375 g/mol. The second-order valence-electron chi connectivity index (χ2n) is 6.09. The van der Waals surface area contributed by atoms with Crippen molar-refractivity contribution in [2.24, 2.45) is 0 Å². The Balaban J connectivity index is 3.77. The molecule has 0 aromatic carbocycles. The van der Waals surface area contributed by atoms with Gasteiger partial charge in [0, 0.05) is 6.42 Å². The van der Waals surface area contributed by atoms with Gasteiger partial charge in [-0.2, -0.15) is 8.42 Å². The van der Waals surface area contributed by atoms with E-state index in [1.807, 2.05) is 6.08 Å². The van der Waals surface area contributed by atoms with Crippen molar-refractivity contribution in [2.45, 2.75) is 64.7 Å². The highest BCUT2D eigenvalue weighted by Gasteiger charge is 2.06. The van der Waals surface area contributed by atoms with Gasteiger partial charge in [0.2, 0.25) is 0 Å². The first-order valence-electron chi connectivity index (χ1n) is 9.05. The smallest absolute Gasteiger partial charge is 0.303 e. The van der Waals surface area contributed by atoms with Crippen LogP contribution in [-0.4, -0.2) is 42.9 Å². The van der Waals surface area contributed by atoms with Gasteiger partial charge in [-0.25, -0.2) is 0 Å². The predicted molar refractivity (Wildman–Crippen MR) is 101 cm³/mol. The summed E-state index contributed by atoms with van der Waals surface area (Å²) in [5, 5.41) is 11.9. The molecule has 0 heterocycles. The minimum absolute atomic E-state index is 0.206. The van der Waals surface area contributed by atoms with Crippen molar-refractivity contribution in [3.63, 3.8) is 0 Å². The average Bonchev–Trinajstić information content (AvgIpc) is 2.53. The highest BCUT2D eigenvalue weighted by atomic mass is 32.2. The van der Waals surface area contributed by atoms with E-state index in [2.05, 4.69) is 24.4 Å². The van der Waals surface area contributed by atoms with E-state index in [1.165, 1.54) is 0 Å². The molecule has 0 atom stereocenters. The van der Waals surface area contributed by atoms with Crippen LogP contribution in [0.4, 0.5) is 0 Å². The van der Waals surface area contributed by atoms with E-state index in [9.17, 15) is 13.2 Å². The third-order valence-electron chi connectivity index (χ3n) is 3.67. The lowest BCUT2D eigenvalue weighted by molar-refractivity contribution is -0.137. The van der Waals surface area contributed by atoms with Crippen LogP contribution in [-0.2, 0) is 14.9 Å². The fourth-order valence-corrected chi connectivity index (χ4v) is 2.82. The fourth-order valence-electron chi connectivity index (χ4n) is 2.30. The molecule has 146 valence electrons. The number of carboxylic acids is 1. The first-order valence-corrected chi connectivity index (χ1v) is 10.7. The molecule has 0 aromatic rings. The van der Waals surface area contributed by atoms with E-state index in [1.54, 1.807) is 0 Å². The maximum absolute atomic E-state index is 10.9. The molecule has 0 unspecified atom stereocenters. The Morgan fingerprint density at radius 2 is 1.72 bits per heavy atom. The summed E-state index contributed by atoms with van der Waals surface area (Å²) in [5.41, 5.74) is 1.10. The number of allylic oxidation sites excluding steroid dienone is 3. The van der Waals surface area contributed by atoms with Crippen LogP contribution in [0.2, 0.25) is 0 Å². The normalized spacial score (nSPS) is 12.8. The first kappa shape index (κ1) is 23.8. The van der Waals surface area contributed by atoms with E-state index in [0.29, 0.717) is 12.8 Å². The Morgan fingerprint density at radius 1 is 1.00 bits per heavy atom. The molecule has 0 amide bonds. The van der Waals surface area contributed by atoms with Crippen molar-refractivity contribution in [2.75, 3.05) is 18.8 Å². The Bertz CT molecular complexity index is 512. The third kappa shape index (κ3) is 19.0.